The normalized spacial score (nSPS) is 19.6. The average Bonchev–Trinajstić information content (AvgIpc) is 3.38. The van der Waals surface area contributed by atoms with Crippen molar-refractivity contribution in [2.24, 2.45) is 4.99 Å². The molecule has 1 fully saturated rings. The van der Waals surface area contributed by atoms with Gasteiger partial charge in [-0.15, -0.1) is 0 Å². The number of fused-ring (bicyclic) bond motifs is 1. The second-order valence-electron chi connectivity index (χ2n) is 7.96. The van der Waals surface area contributed by atoms with Crippen LogP contribution >= 0.6 is 0 Å². The summed E-state index contributed by atoms with van der Waals surface area (Å²) in [4.78, 5) is 15.7. The summed E-state index contributed by atoms with van der Waals surface area (Å²) in [5, 5.41) is 3.39. The number of anilines is 1. The molecule has 0 radical (unpaired) electrons. The summed E-state index contributed by atoms with van der Waals surface area (Å²) in [6.07, 6.45) is 6.85. The lowest BCUT2D eigenvalue weighted by atomic mass is 10.0. The van der Waals surface area contributed by atoms with Crippen molar-refractivity contribution in [2.75, 3.05) is 25.5 Å². The number of aliphatic imine (C=N–C) groups is 1. The minimum atomic E-state index is 0.336. The van der Waals surface area contributed by atoms with Gasteiger partial charge in [0.2, 0.25) is 0 Å². The van der Waals surface area contributed by atoms with Crippen molar-refractivity contribution in [1.29, 1.82) is 0 Å². The maximum Gasteiger partial charge on any atom is 0.154 e. The Morgan fingerprint density at radius 2 is 2.00 bits per heavy atom. The SMILES string of the molecule is C=C1C(=Nc2cc(CN3CC[C@@H](OC)C3)ccn2)Nc2ccc(-c3ccncc3)cc21. The van der Waals surface area contributed by atoms with Crippen LogP contribution in [0.15, 0.2) is 72.6 Å². The zero-order valence-corrected chi connectivity index (χ0v) is 17.6. The monoisotopic (exact) mass is 411 g/mol. The minimum Gasteiger partial charge on any atom is -0.380 e. The van der Waals surface area contributed by atoms with E-state index in [1.54, 1.807) is 19.5 Å². The number of ether oxygens (including phenoxy) is 1. The second-order valence-corrected chi connectivity index (χ2v) is 7.96. The fourth-order valence-corrected chi connectivity index (χ4v) is 4.18. The molecule has 6 nitrogen and oxygen atoms in total. The van der Waals surface area contributed by atoms with E-state index in [2.05, 4.69) is 51.0 Å². The van der Waals surface area contributed by atoms with Crippen LogP contribution in [0.3, 0.4) is 0 Å². The largest absolute Gasteiger partial charge is 0.380 e. The maximum atomic E-state index is 5.47. The van der Waals surface area contributed by atoms with Gasteiger partial charge in [0, 0.05) is 62.2 Å². The second kappa shape index (κ2) is 8.41. The Balaban J connectivity index is 1.35. The lowest BCUT2D eigenvalue weighted by Crippen LogP contribution is -2.22. The first kappa shape index (κ1) is 19.6. The molecule has 2 aromatic heterocycles. The molecule has 1 aromatic carbocycles. The molecule has 5 rings (SSSR count). The van der Waals surface area contributed by atoms with Gasteiger partial charge in [-0.25, -0.2) is 9.98 Å². The van der Waals surface area contributed by atoms with E-state index in [9.17, 15) is 0 Å². The van der Waals surface area contributed by atoms with Crippen molar-refractivity contribution in [3.05, 3.63) is 78.8 Å². The number of nitrogens with zero attached hydrogens (tertiary/aromatic N) is 4. The highest BCUT2D eigenvalue weighted by Gasteiger charge is 2.23. The number of hydrogen-bond donors (Lipinski definition) is 1. The maximum absolute atomic E-state index is 5.47. The first-order chi connectivity index (χ1) is 15.2. The highest BCUT2D eigenvalue weighted by atomic mass is 16.5. The predicted molar refractivity (Wildman–Crippen MR) is 124 cm³/mol. The summed E-state index contributed by atoms with van der Waals surface area (Å²) in [6.45, 7) is 7.18. The summed E-state index contributed by atoms with van der Waals surface area (Å²) < 4.78 is 5.47. The molecule has 3 aromatic rings. The lowest BCUT2D eigenvalue weighted by Gasteiger charge is -2.15. The van der Waals surface area contributed by atoms with Crippen LogP contribution in [0.4, 0.5) is 11.5 Å². The van der Waals surface area contributed by atoms with Gasteiger partial charge in [-0.2, -0.15) is 0 Å². The Bertz CT molecular complexity index is 1140. The van der Waals surface area contributed by atoms with Gasteiger partial charge in [-0.1, -0.05) is 12.6 Å². The van der Waals surface area contributed by atoms with Crippen molar-refractivity contribution < 1.29 is 4.74 Å². The molecule has 0 aliphatic carbocycles. The molecule has 156 valence electrons. The summed E-state index contributed by atoms with van der Waals surface area (Å²) in [7, 11) is 1.79. The van der Waals surface area contributed by atoms with Gasteiger partial charge in [0.05, 0.1) is 6.10 Å². The van der Waals surface area contributed by atoms with E-state index in [0.29, 0.717) is 11.9 Å². The number of aromatic nitrogens is 2. The highest BCUT2D eigenvalue weighted by Crippen LogP contribution is 2.35. The van der Waals surface area contributed by atoms with E-state index in [1.165, 1.54) is 5.56 Å². The van der Waals surface area contributed by atoms with E-state index in [0.717, 1.165) is 59.8 Å². The third kappa shape index (κ3) is 4.13. The van der Waals surface area contributed by atoms with Crippen molar-refractivity contribution in [1.82, 2.24) is 14.9 Å². The molecule has 31 heavy (non-hydrogen) atoms. The topological polar surface area (TPSA) is 62.6 Å². The zero-order chi connectivity index (χ0) is 21.2. The van der Waals surface area contributed by atoms with Crippen molar-refractivity contribution >= 4 is 22.9 Å². The summed E-state index contributed by atoms with van der Waals surface area (Å²) in [5.74, 6) is 1.43. The van der Waals surface area contributed by atoms with E-state index in [1.807, 2.05) is 24.4 Å². The molecule has 1 N–H and O–H groups in total. The van der Waals surface area contributed by atoms with E-state index in [-0.39, 0.29) is 0 Å². The number of pyridine rings is 2. The van der Waals surface area contributed by atoms with E-state index >= 15 is 0 Å². The zero-order valence-electron chi connectivity index (χ0n) is 17.6. The Labute approximate surface area is 182 Å². The first-order valence-electron chi connectivity index (χ1n) is 10.5. The van der Waals surface area contributed by atoms with Crippen LogP contribution < -0.4 is 5.32 Å². The van der Waals surface area contributed by atoms with Crippen molar-refractivity contribution in [3.63, 3.8) is 0 Å². The van der Waals surface area contributed by atoms with Crippen LogP contribution in [0, 0.1) is 0 Å². The van der Waals surface area contributed by atoms with Crippen LogP contribution in [0.5, 0.6) is 0 Å². The van der Waals surface area contributed by atoms with E-state index in [4.69, 9.17) is 9.73 Å². The molecular formula is C25H25N5O. The molecule has 1 atom stereocenters. The predicted octanol–water partition coefficient (Wildman–Crippen LogP) is 4.53. The minimum absolute atomic E-state index is 0.336. The molecule has 0 spiro atoms. The van der Waals surface area contributed by atoms with Crippen LogP contribution in [0.25, 0.3) is 16.7 Å². The summed E-state index contributed by atoms with van der Waals surface area (Å²) in [5.41, 5.74) is 6.41. The summed E-state index contributed by atoms with van der Waals surface area (Å²) in [6, 6.07) is 14.4. The molecule has 0 unspecified atom stereocenters. The van der Waals surface area contributed by atoms with Crippen LogP contribution in [0.2, 0.25) is 0 Å². The Morgan fingerprint density at radius 3 is 2.81 bits per heavy atom. The molecule has 0 amide bonds. The summed E-state index contributed by atoms with van der Waals surface area (Å²) >= 11 is 0. The third-order valence-electron chi connectivity index (χ3n) is 5.90. The van der Waals surface area contributed by atoms with Gasteiger partial charge >= 0.3 is 0 Å². The third-order valence-corrected chi connectivity index (χ3v) is 5.90. The molecule has 1 saturated heterocycles. The highest BCUT2D eigenvalue weighted by molar-refractivity contribution is 6.34. The number of hydrogen-bond acceptors (Lipinski definition) is 5. The number of methoxy groups -OCH3 is 1. The Hall–Kier alpha value is -3.35. The average molecular weight is 412 g/mol. The van der Waals surface area contributed by atoms with Gasteiger partial charge in [0.1, 0.15) is 5.84 Å². The van der Waals surface area contributed by atoms with Gasteiger partial charge in [-0.3, -0.25) is 9.88 Å². The van der Waals surface area contributed by atoms with Crippen LogP contribution in [-0.4, -0.2) is 47.0 Å². The fourth-order valence-electron chi connectivity index (χ4n) is 4.18. The van der Waals surface area contributed by atoms with Gasteiger partial charge < -0.3 is 10.1 Å². The standard InChI is InChI=1S/C25H25N5O/c1-17-22-14-20(19-6-9-26-10-7-19)3-4-23(22)28-25(17)29-24-13-18(5-11-27-24)15-30-12-8-21(16-30)31-2/h3-7,9-11,13-14,21H,1,8,12,15-16H2,2H3,(H,27,28,29)/t21-/m1/s1. The quantitative estimate of drug-likeness (QED) is 0.668. The molecule has 4 heterocycles. The number of amidine groups is 1. The van der Waals surface area contributed by atoms with E-state index < -0.39 is 0 Å². The van der Waals surface area contributed by atoms with Crippen LogP contribution in [-0.2, 0) is 11.3 Å². The van der Waals surface area contributed by atoms with Gasteiger partial charge in [-0.05, 0) is 59.5 Å². The molecule has 2 aliphatic heterocycles. The van der Waals surface area contributed by atoms with Crippen molar-refractivity contribution in [2.45, 2.75) is 19.1 Å². The van der Waals surface area contributed by atoms with Crippen molar-refractivity contribution in [3.8, 4) is 11.1 Å². The first-order valence-corrected chi connectivity index (χ1v) is 10.5. The Morgan fingerprint density at radius 1 is 1.13 bits per heavy atom. The Kier molecular flexibility index (Phi) is 5.32. The van der Waals surface area contributed by atoms with Gasteiger partial charge in [0.25, 0.3) is 0 Å². The molecule has 0 saturated carbocycles. The van der Waals surface area contributed by atoms with Crippen LogP contribution in [0.1, 0.15) is 17.5 Å². The molecular weight excluding hydrogens is 386 g/mol. The molecule has 0 bridgehead atoms. The number of nitrogens with one attached hydrogen (secondary N) is 1. The smallest absolute Gasteiger partial charge is 0.154 e. The van der Waals surface area contributed by atoms with Gasteiger partial charge in [0.15, 0.2) is 5.82 Å². The lowest BCUT2D eigenvalue weighted by molar-refractivity contribution is 0.107. The number of rotatable bonds is 5. The molecule has 2 aliphatic rings. The number of likely N-dealkylation sites (tertiary alicyclic amines) is 1. The fraction of sp³-hybridized carbons (Fsp3) is 0.240. The number of benzene rings is 1. The molecule has 6 heteroatoms.